The van der Waals surface area contributed by atoms with Gasteiger partial charge in [-0.3, -0.25) is 0 Å². The molecule has 1 heterocycles. The minimum Gasteiger partial charge on any atom is -0.481 e. The number of halogens is 2. The SMILES string of the molecule is COc1c(C(O)Cc2ccc(F)c(Br)c2)c(C)nn1C. The van der Waals surface area contributed by atoms with Crippen molar-refractivity contribution in [3.8, 4) is 5.88 Å². The molecule has 0 aliphatic heterocycles. The van der Waals surface area contributed by atoms with Gasteiger partial charge in [0.1, 0.15) is 5.82 Å². The van der Waals surface area contributed by atoms with E-state index in [1.807, 2.05) is 6.92 Å². The average Bonchev–Trinajstić information content (AvgIpc) is 2.68. The van der Waals surface area contributed by atoms with Crippen molar-refractivity contribution >= 4 is 15.9 Å². The van der Waals surface area contributed by atoms with E-state index >= 15 is 0 Å². The van der Waals surface area contributed by atoms with Crippen molar-refractivity contribution < 1.29 is 14.2 Å². The lowest BCUT2D eigenvalue weighted by atomic mass is 10.0. The first-order valence-corrected chi connectivity index (χ1v) is 6.92. The molecule has 1 atom stereocenters. The number of hydrogen-bond acceptors (Lipinski definition) is 3. The average molecular weight is 343 g/mol. The van der Waals surface area contributed by atoms with Crippen LogP contribution in [-0.2, 0) is 13.5 Å². The smallest absolute Gasteiger partial charge is 0.217 e. The highest BCUT2D eigenvalue weighted by Crippen LogP contribution is 2.30. The maximum absolute atomic E-state index is 13.2. The van der Waals surface area contributed by atoms with E-state index in [4.69, 9.17) is 4.74 Å². The fraction of sp³-hybridized carbons (Fsp3) is 0.357. The molecule has 0 bridgehead atoms. The van der Waals surface area contributed by atoms with Crippen LogP contribution in [0.5, 0.6) is 5.88 Å². The third-order valence-electron chi connectivity index (χ3n) is 3.15. The Morgan fingerprint density at radius 1 is 1.50 bits per heavy atom. The van der Waals surface area contributed by atoms with E-state index in [0.29, 0.717) is 22.3 Å². The first-order valence-electron chi connectivity index (χ1n) is 6.13. The van der Waals surface area contributed by atoms with Crippen molar-refractivity contribution in [3.63, 3.8) is 0 Å². The monoisotopic (exact) mass is 342 g/mol. The van der Waals surface area contributed by atoms with Gasteiger partial charge in [0.15, 0.2) is 0 Å². The predicted octanol–water partition coefficient (Wildman–Crippen LogP) is 2.91. The van der Waals surface area contributed by atoms with E-state index in [2.05, 4.69) is 21.0 Å². The van der Waals surface area contributed by atoms with Crippen LogP contribution in [-0.4, -0.2) is 22.0 Å². The number of aryl methyl sites for hydroxylation is 2. The van der Waals surface area contributed by atoms with Crippen molar-refractivity contribution in [3.05, 3.63) is 45.3 Å². The van der Waals surface area contributed by atoms with Gasteiger partial charge in [-0.25, -0.2) is 9.07 Å². The van der Waals surface area contributed by atoms with Gasteiger partial charge in [0, 0.05) is 13.5 Å². The van der Waals surface area contributed by atoms with Crippen LogP contribution >= 0.6 is 15.9 Å². The molecule has 1 unspecified atom stereocenters. The maximum atomic E-state index is 13.2. The molecule has 0 aliphatic rings. The van der Waals surface area contributed by atoms with Gasteiger partial charge in [-0.05, 0) is 40.5 Å². The first-order chi connectivity index (χ1) is 9.43. The summed E-state index contributed by atoms with van der Waals surface area (Å²) in [5, 5.41) is 14.6. The number of methoxy groups -OCH3 is 1. The fourth-order valence-electron chi connectivity index (χ4n) is 2.27. The second kappa shape index (κ2) is 5.93. The number of nitrogens with zero attached hydrogens (tertiary/aromatic N) is 2. The fourth-order valence-corrected chi connectivity index (χ4v) is 2.70. The van der Waals surface area contributed by atoms with Crippen LogP contribution in [0.3, 0.4) is 0 Å². The van der Waals surface area contributed by atoms with Crippen LogP contribution in [0.1, 0.15) is 22.9 Å². The summed E-state index contributed by atoms with van der Waals surface area (Å²) in [6.45, 7) is 1.82. The van der Waals surface area contributed by atoms with Crippen LogP contribution < -0.4 is 4.74 Å². The van der Waals surface area contributed by atoms with Crippen LogP contribution in [0.15, 0.2) is 22.7 Å². The summed E-state index contributed by atoms with van der Waals surface area (Å²) in [6.07, 6.45) is -0.391. The molecule has 2 rings (SSSR count). The molecule has 20 heavy (non-hydrogen) atoms. The molecule has 1 aromatic heterocycles. The van der Waals surface area contributed by atoms with Crippen molar-refractivity contribution in [2.24, 2.45) is 7.05 Å². The number of ether oxygens (including phenoxy) is 1. The minimum absolute atomic E-state index is 0.321. The Kier molecular flexibility index (Phi) is 4.45. The van der Waals surface area contributed by atoms with Crippen LogP contribution in [0, 0.1) is 12.7 Å². The van der Waals surface area contributed by atoms with Gasteiger partial charge in [0.05, 0.1) is 28.9 Å². The Morgan fingerprint density at radius 2 is 2.20 bits per heavy atom. The molecule has 0 amide bonds. The Balaban J connectivity index is 2.28. The van der Waals surface area contributed by atoms with Gasteiger partial charge in [-0.1, -0.05) is 6.07 Å². The summed E-state index contributed by atoms with van der Waals surface area (Å²) in [6, 6.07) is 4.69. The predicted molar refractivity (Wildman–Crippen MR) is 77.3 cm³/mol. The highest BCUT2D eigenvalue weighted by atomic mass is 79.9. The van der Waals surface area contributed by atoms with Crippen LogP contribution in [0.25, 0.3) is 0 Å². The number of aliphatic hydroxyl groups excluding tert-OH is 1. The third kappa shape index (κ3) is 2.86. The van der Waals surface area contributed by atoms with Gasteiger partial charge in [0.2, 0.25) is 5.88 Å². The Labute approximate surface area is 125 Å². The maximum Gasteiger partial charge on any atom is 0.217 e. The molecule has 108 valence electrons. The summed E-state index contributed by atoms with van der Waals surface area (Å²) in [7, 11) is 3.30. The zero-order chi connectivity index (χ0) is 14.9. The largest absolute Gasteiger partial charge is 0.481 e. The molecule has 6 heteroatoms. The lowest BCUT2D eigenvalue weighted by molar-refractivity contribution is 0.172. The van der Waals surface area contributed by atoms with E-state index < -0.39 is 6.10 Å². The summed E-state index contributed by atoms with van der Waals surface area (Å²) >= 11 is 3.14. The molecule has 0 aliphatic carbocycles. The van der Waals surface area contributed by atoms with Crippen molar-refractivity contribution in [2.45, 2.75) is 19.4 Å². The quantitative estimate of drug-likeness (QED) is 0.929. The van der Waals surface area contributed by atoms with E-state index in [-0.39, 0.29) is 5.82 Å². The lowest BCUT2D eigenvalue weighted by Gasteiger charge is -2.13. The van der Waals surface area contributed by atoms with E-state index in [1.54, 1.807) is 31.0 Å². The Morgan fingerprint density at radius 3 is 2.80 bits per heavy atom. The van der Waals surface area contributed by atoms with Crippen molar-refractivity contribution in [2.75, 3.05) is 7.11 Å². The standard InChI is InChI=1S/C14H16BrFN2O2/c1-8-13(14(20-3)18(2)17-8)12(19)7-9-4-5-11(16)10(15)6-9/h4-6,12,19H,7H2,1-3H3. The summed E-state index contributed by atoms with van der Waals surface area (Å²) in [5.74, 6) is 0.217. The van der Waals surface area contributed by atoms with Crippen LogP contribution in [0.2, 0.25) is 0 Å². The molecule has 2 aromatic rings. The Hall–Kier alpha value is -1.40. The third-order valence-corrected chi connectivity index (χ3v) is 3.76. The molecule has 0 saturated carbocycles. The molecule has 0 spiro atoms. The summed E-state index contributed by atoms with van der Waals surface area (Å²) < 4.78 is 20.5. The zero-order valence-corrected chi connectivity index (χ0v) is 13.1. The normalized spacial score (nSPS) is 12.5. The second-order valence-electron chi connectivity index (χ2n) is 4.60. The molecule has 1 N–H and O–H groups in total. The molecule has 0 saturated heterocycles. The molecule has 4 nitrogen and oxygen atoms in total. The van der Waals surface area contributed by atoms with Gasteiger partial charge < -0.3 is 9.84 Å². The van der Waals surface area contributed by atoms with Gasteiger partial charge >= 0.3 is 0 Å². The second-order valence-corrected chi connectivity index (χ2v) is 5.45. The van der Waals surface area contributed by atoms with Gasteiger partial charge in [-0.2, -0.15) is 5.10 Å². The number of benzene rings is 1. The molecular weight excluding hydrogens is 327 g/mol. The number of aromatic nitrogens is 2. The van der Waals surface area contributed by atoms with Crippen molar-refractivity contribution in [1.82, 2.24) is 9.78 Å². The molecule has 1 aromatic carbocycles. The first kappa shape index (κ1) is 15.0. The summed E-state index contributed by atoms with van der Waals surface area (Å²) in [4.78, 5) is 0. The molecular formula is C14H16BrFN2O2. The summed E-state index contributed by atoms with van der Waals surface area (Å²) in [5.41, 5.74) is 2.21. The van der Waals surface area contributed by atoms with Crippen molar-refractivity contribution in [1.29, 1.82) is 0 Å². The zero-order valence-electron chi connectivity index (χ0n) is 11.5. The van der Waals surface area contributed by atoms with Gasteiger partial charge in [-0.15, -0.1) is 0 Å². The van der Waals surface area contributed by atoms with E-state index in [1.165, 1.54) is 6.07 Å². The number of rotatable bonds is 4. The highest BCUT2D eigenvalue weighted by molar-refractivity contribution is 9.10. The Bertz CT molecular complexity index is 628. The molecule has 0 radical (unpaired) electrons. The minimum atomic E-state index is -0.754. The topological polar surface area (TPSA) is 47.3 Å². The lowest BCUT2D eigenvalue weighted by Crippen LogP contribution is -2.05. The van der Waals surface area contributed by atoms with Gasteiger partial charge in [0.25, 0.3) is 0 Å². The number of hydrogen-bond donors (Lipinski definition) is 1. The van der Waals surface area contributed by atoms with E-state index in [0.717, 1.165) is 11.3 Å². The highest BCUT2D eigenvalue weighted by Gasteiger charge is 2.22. The van der Waals surface area contributed by atoms with E-state index in [9.17, 15) is 9.50 Å². The van der Waals surface area contributed by atoms with Crippen LogP contribution in [0.4, 0.5) is 4.39 Å². The number of aliphatic hydroxyl groups is 1. The molecule has 0 fully saturated rings.